The van der Waals surface area contributed by atoms with Gasteiger partial charge in [-0.25, -0.2) is 4.98 Å². The molecule has 0 bridgehead atoms. The predicted molar refractivity (Wildman–Crippen MR) is 63.8 cm³/mol. The quantitative estimate of drug-likeness (QED) is 0.783. The number of hydrogen-bond donors (Lipinski definition) is 1. The van der Waals surface area contributed by atoms with Crippen LogP contribution in [0.15, 0.2) is 24.5 Å². The summed E-state index contributed by atoms with van der Waals surface area (Å²) in [5, 5.41) is 12.2. The zero-order chi connectivity index (χ0) is 12.2. The summed E-state index contributed by atoms with van der Waals surface area (Å²) >= 11 is 0. The number of aromatic nitrogens is 2. The van der Waals surface area contributed by atoms with Crippen LogP contribution in [0.5, 0.6) is 0 Å². The van der Waals surface area contributed by atoms with E-state index < -0.39 is 0 Å². The van der Waals surface area contributed by atoms with E-state index in [4.69, 9.17) is 5.26 Å². The smallest absolute Gasteiger partial charge is 0.213 e. The minimum Gasteiger partial charge on any atom is -0.319 e. The largest absolute Gasteiger partial charge is 0.319 e. The van der Waals surface area contributed by atoms with Gasteiger partial charge in [-0.05, 0) is 26.3 Å². The Labute approximate surface area is 96.6 Å². The molecule has 86 valence electrons. The van der Waals surface area contributed by atoms with Gasteiger partial charge in [0.05, 0.1) is 0 Å². The monoisotopic (exact) mass is 218 g/mol. The molecule has 0 amide bonds. The van der Waals surface area contributed by atoms with Gasteiger partial charge in [-0.1, -0.05) is 6.58 Å². The average molecular weight is 218 g/mol. The van der Waals surface area contributed by atoms with Crippen molar-refractivity contribution in [3.63, 3.8) is 0 Å². The van der Waals surface area contributed by atoms with Crippen LogP contribution >= 0.6 is 0 Å². The minimum absolute atomic E-state index is 0.0793. The number of hydrogen-bond acceptors (Lipinski definition) is 3. The first-order chi connectivity index (χ1) is 7.42. The van der Waals surface area contributed by atoms with Crippen LogP contribution in [0.4, 0.5) is 0 Å². The first kappa shape index (κ1) is 12.5. The van der Waals surface area contributed by atoms with Crippen molar-refractivity contribution in [3.05, 3.63) is 30.4 Å². The van der Waals surface area contributed by atoms with Gasteiger partial charge in [0.1, 0.15) is 6.07 Å². The minimum atomic E-state index is 0.0793. The van der Waals surface area contributed by atoms with Crippen molar-refractivity contribution in [1.29, 1.82) is 5.26 Å². The van der Waals surface area contributed by atoms with Gasteiger partial charge in [-0.3, -0.25) is 0 Å². The second-order valence-corrected chi connectivity index (χ2v) is 4.84. The van der Waals surface area contributed by atoms with Crippen molar-refractivity contribution in [1.82, 2.24) is 14.9 Å². The molecule has 0 aromatic carbocycles. The molecule has 0 aliphatic carbocycles. The second-order valence-electron chi connectivity index (χ2n) is 4.84. The lowest BCUT2D eigenvalue weighted by Gasteiger charge is -2.21. The summed E-state index contributed by atoms with van der Waals surface area (Å²) in [5.74, 6) is 0.428. The van der Waals surface area contributed by atoms with Crippen LogP contribution in [-0.4, -0.2) is 21.6 Å². The highest BCUT2D eigenvalue weighted by molar-refractivity contribution is 5.13. The molecule has 0 saturated carbocycles. The Morgan fingerprint density at radius 3 is 2.88 bits per heavy atom. The van der Waals surface area contributed by atoms with Crippen LogP contribution in [0.1, 0.15) is 26.6 Å². The zero-order valence-electron chi connectivity index (χ0n) is 10.1. The molecule has 0 aliphatic heterocycles. The lowest BCUT2D eigenvalue weighted by Crippen LogP contribution is -2.37. The van der Waals surface area contributed by atoms with Crippen molar-refractivity contribution in [3.8, 4) is 6.07 Å². The van der Waals surface area contributed by atoms with Gasteiger partial charge in [0.2, 0.25) is 5.82 Å². The van der Waals surface area contributed by atoms with Crippen LogP contribution in [0.2, 0.25) is 0 Å². The maximum atomic E-state index is 8.80. The summed E-state index contributed by atoms with van der Waals surface area (Å²) < 4.78 is 1.80. The molecule has 16 heavy (non-hydrogen) atoms. The standard InChI is InChI=1S/C12H18N4/c1-10(8-15-12(2,3)4)9-16-6-5-14-11(16)7-13/h5-6,15H,1,8-9H2,2-4H3. The molecule has 1 aromatic rings. The Balaban J connectivity index is 2.50. The molecule has 0 fully saturated rings. The number of nitrogens with zero attached hydrogens (tertiary/aromatic N) is 3. The van der Waals surface area contributed by atoms with E-state index in [0.29, 0.717) is 12.4 Å². The van der Waals surface area contributed by atoms with Crippen LogP contribution in [0.25, 0.3) is 0 Å². The fourth-order valence-electron chi connectivity index (χ4n) is 1.24. The SMILES string of the molecule is C=C(CNC(C)(C)C)Cn1ccnc1C#N. The van der Waals surface area contributed by atoms with Crippen molar-refractivity contribution in [2.75, 3.05) is 6.54 Å². The molecule has 1 rings (SSSR count). The van der Waals surface area contributed by atoms with E-state index in [1.165, 1.54) is 0 Å². The van der Waals surface area contributed by atoms with Crippen molar-refractivity contribution in [2.45, 2.75) is 32.9 Å². The summed E-state index contributed by atoms with van der Waals surface area (Å²) in [7, 11) is 0. The van der Waals surface area contributed by atoms with Gasteiger partial charge < -0.3 is 9.88 Å². The lowest BCUT2D eigenvalue weighted by atomic mass is 10.1. The fourth-order valence-corrected chi connectivity index (χ4v) is 1.24. The van der Waals surface area contributed by atoms with Crippen LogP contribution in [-0.2, 0) is 6.54 Å². The summed E-state index contributed by atoms with van der Waals surface area (Å²) in [6.07, 6.45) is 3.42. The highest BCUT2D eigenvalue weighted by atomic mass is 15.1. The van der Waals surface area contributed by atoms with E-state index in [0.717, 1.165) is 12.1 Å². The third kappa shape index (κ3) is 3.87. The summed E-state index contributed by atoms with van der Waals surface area (Å²) in [5.41, 5.74) is 1.11. The van der Waals surface area contributed by atoms with E-state index in [9.17, 15) is 0 Å². The summed E-state index contributed by atoms with van der Waals surface area (Å²) in [4.78, 5) is 3.94. The average Bonchev–Trinajstić information content (AvgIpc) is 2.61. The van der Waals surface area contributed by atoms with E-state index in [2.05, 4.69) is 37.7 Å². The van der Waals surface area contributed by atoms with Crippen molar-refractivity contribution >= 4 is 0 Å². The molecule has 4 heteroatoms. The van der Waals surface area contributed by atoms with Gasteiger partial charge in [0.15, 0.2) is 0 Å². The van der Waals surface area contributed by atoms with Crippen LogP contribution < -0.4 is 5.32 Å². The van der Waals surface area contributed by atoms with Gasteiger partial charge in [0, 0.05) is 31.0 Å². The number of rotatable bonds is 4. The third-order valence-corrected chi connectivity index (χ3v) is 2.08. The van der Waals surface area contributed by atoms with Gasteiger partial charge in [0.25, 0.3) is 0 Å². The van der Waals surface area contributed by atoms with E-state index in [1.54, 1.807) is 17.0 Å². The first-order valence-corrected chi connectivity index (χ1v) is 5.25. The Kier molecular flexibility index (Phi) is 3.86. The highest BCUT2D eigenvalue weighted by Crippen LogP contribution is 2.04. The molecule has 0 saturated heterocycles. The van der Waals surface area contributed by atoms with Crippen molar-refractivity contribution < 1.29 is 0 Å². The Morgan fingerprint density at radius 2 is 2.31 bits per heavy atom. The molecule has 0 unspecified atom stereocenters. The van der Waals surface area contributed by atoms with Gasteiger partial charge in [-0.15, -0.1) is 0 Å². The molecule has 1 aromatic heterocycles. The van der Waals surface area contributed by atoms with Crippen LogP contribution in [0, 0.1) is 11.3 Å². The topological polar surface area (TPSA) is 53.6 Å². The molecule has 0 radical (unpaired) electrons. The molecule has 0 spiro atoms. The Hall–Kier alpha value is -1.60. The maximum absolute atomic E-state index is 8.80. The molecule has 1 N–H and O–H groups in total. The van der Waals surface area contributed by atoms with E-state index in [1.807, 2.05) is 6.07 Å². The van der Waals surface area contributed by atoms with Crippen molar-refractivity contribution in [2.24, 2.45) is 0 Å². The summed E-state index contributed by atoms with van der Waals surface area (Å²) in [6, 6.07) is 2.04. The van der Waals surface area contributed by atoms with Gasteiger partial charge >= 0.3 is 0 Å². The Bertz CT molecular complexity index is 403. The molecule has 4 nitrogen and oxygen atoms in total. The molecular formula is C12H18N4. The summed E-state index contributed by atoms with van der Waals surface area (Å²) in [6.45, 7) is 11.7. The highest BCUT2D eigenvalue weighted by Gasteiger charge is 2.09. The molecule has 0 atom stereocenters. The number of nitriles is 1. The molecule has 1 heterocycles. The second kappa shape index (κ2) is 4.95. The molecule has 0 aliphatic rings. The van der Waals surface area contributed by atoms with Crippen LogP contribution in [0.3, 0.4) is 0 Å². The fraction of sp³-hybridized carbons (Fsp3) is 0.500. The van der Waals surface area contributed by atoms with Gasteiger partial charge in [-0.2, -0.15) is 5.26 Å². The third-order valence-electron chi connectivity index (χ3n) is 2.08. The Morgan fingerprint density at radius 1 is 1.62 bits per heavy atom. The maximum Gasteiger partial charge on any atom is 0.213 e. The zero-order valence-corrected chi connectivity index (χ0v) is 10.1. The first-order valence-electron chi connectivity index (χ1n) is 5.25. The number of imidazole rings is 1. The normalized spacial score (nSPS) is 11.1. The lowest BCUT2D eigenvalue weighted by molar-refractivity contribution is 0.440. The molecular weight excluding hydrogens is 200 g/mol. The predicted octanol–water partition coefficient (Wildman–Crippen LogP) is 1.70. The van der Waals surface area contributed by atoms with E-state index >= 15 is 0 Å². The number of nitrogens with one attached hydrogen (secondary N) is 1. The van der Waals surface area contributed by atoms with E-state index in [-0.39, 0.29) is 5.54 Å².